The van der Waals surface area contributed by atoms with Crippen LogP contribution in [-0.2, 0) is 4.74 Å². The Morgan fingerprint density at radius 2 is 1.88 bits per heavy atom. The molecule has 2 fully saturated rings. The van der Waals surface area contributed by atoms with Gasteiger partial charge in [0, 0.05) is 20.3 Å². The second-order valence-electron chi connectivity index (χ2n) is 6.23. The zero-order valence-electron chi connectivity index (χ0n) is 11.3. The zero-order chi connectivity index (χ0) is 12.2. The van der Waals surface area contributed by atoms with Crippen LogP contribution in [0.3, 0.4) is 0 Å². The van der Waals surface area contributed by atoms with E-state index in [1.807, 2.05) is 0 Å². The number of methoxy groups -OCH3 is 1. The Morgan fingerprint density at radius 3 is 2.35 bits per heavy atom. The fourth-order valence-electron chi connectivity index (χ4n) is 2.95. The molecule has 0 amide bonds. The summed E-state index contributed by atoms with van der Waals surface area (Å²) in [6, 6.07) is 0. The Hall–Kier alpha value is -0.120. The summed E-state index contributed by atoms with van der Waals surface area (Å²) < 4.78 is 5.18. The minimum Gasteiger partial charge on any atom is -0.385 e. The van der Waals surface area contributed by atoms with Crippen molar-refractivity contribution in [3.05, 3.63) is 0 Å². The van der Waals surface area contributed by atoms with E-state index >= 15 is 0 Å². The van der Waals surface area contributed by atoms with Crippen LogP contribution in [0.25, 0.3) is 0 Å². The molecule has 3 nitrogen and oxygen atoms in total. The molecule has 2 rings (SSSR count). The molecule has 2 aliphatic rings. The van der Waals surface area contributed by atoms with Gasteiger partial charge in [-0.1, -0.05) is 6.42 Å². The van der Waals surface area contributed by atoms with Gasteiger partial charge in [-0.25, -0.2) is 0 Å². The monoisotopic (exact) mass is 240 g/mol. The Kier molecular flexibility index (Phi) is 4.45. The second kappa shape index (κ2) is 5.68. The van der Waals surface area contributed by atoms with Crippen molar-refractivity contribution < 1.29 is 4.74 Å². The highest BCUT2D eigenvalue weighted by molar-refractivity contribution is 4.95. The predicted molar refractivity (Wildman–Crippen MR) is 71.0 cm³/mol. The molecular formula is C14H28N2O. The topological polar surface area (TPSA) is 47.3 Å². The number of ether oxygens (including phenoxy) is 1. The number of hydrogen-bond donors (Lipinski definition) is 2. The predicted octanol–water partition coefficient (Wildman–Crippen LogP) is 1.91. The summed E-state index contributed by atoms with van der Waals surface area (Å²) in [6.45, 7) is 4.11. The van der Waals surface area contributed by atoms with Gasteiger partial charge in [0.25, 0.3) is 0 Å². The van der Waals surface area contributed by atoms with Gasteiger partial charge in [0.15, 0.2) is 0 Å². The van der Waals surface area contributed by atoms with Gasteiger partial charge < -0.3 is 15.8 Å². The highest BCUT2D eigenvalue weighted by atomic mass is 16.5. The second-order valence-corrected chi connectivity index (χ2v) is 6.23. The Morgan fingerprint density at radius 1 is 1.12 bits per heavy atom. The van der Waals surface area contributed by atoms with E-state index in [9.17, 15) is 0 Å². The van der Waals surface area contributed by atoms with Crippen LogP contribution < -0.4 is 11.1 Å². The summed E-state index contributed by atoms with van der Waals surface area (Å²) >= 11 is 0. The Labute approximate surface area is 105 Å². The first-order chi connectivity index (χ1) is 8.24. The fourth-order valence-corrected chi connectivity index (χ4v) is 2.95. The van der Waals surface area contributed by atoms with E-state index in [4.69, 9.17) is 10.5 Å². The lowest BCUT2D eigenvalue weighted by Crippen LogP contribution is -2.40. The van der Waals surface area contributed by atoms with Crippen molar-refractivity contribution in [2.75, 3.05) is 33.4 Å². The standard InChI is InChI=1S/C14H28N2O/c1-17-10-8-14(5-6-14)12-16-9-7-13(11-15)3-2-4-13/h16H,2-12,15H2,1H3. The summed E-state index contributed by atoms with van der Waals surface area (Å²) in [5.41, 5.74) is 6.94. The molecule has 0 spiro atoms. The Balaban J connectivity index is 1.57. The van der Waals surface area contributed by atoms with E-state index in [1.165, 1.54) is 51.5 Å². The van der Waals surface area contributed by atoms with E-state index in [0.717, 1.165) is 19.7 Å². The summed E-state index contributed by atoms with van der Waals surface area (Å²) in [5, 5.41) is 3.64. The summed E-state index contributed by atoms with van der Waals surface area (Å²) in [6.07, 6.45) is 9.33. The molecule has 0 radical (unpaired) electrons. The first kappa shape index (κ1) is 13.3. The van der Waals surface area contributed by atoms with Crippen molar-refractivity contribution in [2.45, 2.75) is 44.9 Å². The molecular weight excluding hydrogens is 212 g/mol. The molecule has 0 saturated heterocycles. The molecule has 100 valence electrons. The molecule has 3 heteroatoms. The number of hydrogen-bond acceptors (Lipinski definition) is 3. The van der Waals surface area contributed by atoms with E-state index in [0.29, 0.717) is 10.8 Å². The lowest BCUT2D eigenvalue weighted by molar-refractivity contribution is 0.128. The largest absolute Gasteiger partial charge is 0.385 e. The van der Waals surface area contributed by atoms with E-state index in [-0.39, 0.29) is 0 Å². The van der Waals surface area contributed by atoms with Crippen molar-refractivity contribution in [1.29, 1.82) is 0 Å². The molecule has 3 N–H and O–H groups in total. The summed E-state index contributed by atoms with van der Waals surface area (Å²) in [5.74, 6) is 0. The van der Waals surface area contributed by atoms with E-state index < -0.39 is 0 Å². The van der Waals surface area contributed by atoms with Gasteiger partial charge in [0.05, 0.1) is 0 Å². The molecule has 0 heterocycles. The molecule has 0 aromatic heterocycles. The van der Waals surface area contributed by atoms with Crippen LogP contribution in [0.1, 0.15) is 44.9 Å². The lowest BCUT2D eigenvalue weighted by Gasteiger charge is -2.41. The average molecular weight is 240 g/mol. The lowest BCUT2D eigenvalue weighted by atomic mass is 9.67. The van der Waals surface area contributed by atoms with Gasteiger partial charge in [-0.15, -0.1) is 0 Å². The molecule has 0 aromatic rings. The SMILES string of the molecule is COCCC1(CNCCC2(CN)CCC2)CC1. The first-order valence-corrected chi connectivity index (χ1v) is 7.14. The average Bonchev–Trinajstić information content (AvgIpc) is 3.05. The van der Waals surface area contributed by atoms with E-state index in [2.05, 4.69) is 5.32 Å². The third-order valence-electron chi connectivity index (χ3n) is 4.97. The van der Waals surface area contributed by atoms with Gasteiger partial charge in [-0.3, -0.25) is 0 Å². The van der Waals surface area contributed by atoms with Crippen LogP contribution in [0.2, 0.25) is 0 Å². The maximum absolute atomic E-state index is 5.87. The minimum atomic E-state index is 0.496. The van der Waals surface area contributed by atoms with Gasteiger partial charge in [0.2, 0.25) is 0 Å². The van der Waals surface area contributed by atoms with Gasteiger partial charge in [-0.05, 0) is 62.4 Å². The van der Waals surface area contributed by atoms with Gasteiger partial charge in [-0.2, -0.15) is 0 Å². The van der Waals surface area contributed by atoms with Crippen LogP contribution >= 0.6 is 0 Å². The van der Waals surface area contributed by atoms with Crippen LogP contribution in [0.5, 0.6) is 0 Å². The molecule has 0 unspecified atom stereocenters. The first-order valence-electron chi connectivity index (χ1n) is 7.14. The normalized spacial score (nSPS) is 24.4. The van der Waals surface area contributed by atoms with Crippen molar-refractivity contribution in [3.63, 3.8) is 0 Å². The molecule has 2 aliphatic carbocycles. The maximum atomic E-state index is 5.87. The third-order valence-corrected chi connectivity index (χ3v) is 4.97. The van der Waals surface area contributed by atoms with Crippen molar-refractivity contribution >= 4 is 0 Å². The van der Waals surface area contributed by atoms with Gasteiger partial charge in [0.1, 0.15) is 0 Å². The minimum absolute atomic E-state index is 0.496. The van der Waals surface area contributed by atoms with Crippen molar-refractivity contribution in [1.82, 2.24) is 5.32 Å². The molecule has 0 aromatic carbocycles. The number of rotatable bonds is 9. The number of nitrogens with two attached hydrogens (primary N) is 1. The van der Waals surface area contributed by atoms with Crippen molar-refractivity contribution in [3.8, 4) is 0 Å². The third kappa shape index (κ3) is 3.43. The molecule has 17 heavy (non-hydrogen) atoms. The molecule has 0 bridgehead atoms. The van der Waals surface area contributed by atoms with Crippen LogP contribution in [-0.4, -0.2) is 33.4 Å². The summed E-state index contributed by atoms with van der Waals surface area (Å²) in [4.78, 5) is 0. The molecule has 0 atom stereocenters. The highest BCUT2D eigenvalue weighted by Gasteiger charge is 2.41. The van der Waals surface area contributed by atoms with Crippen molar-refractivity contribution in [2.24, 2.45) is 16.6 Å². The van der Waals surface area contributed by atoms with Crippen LogP contribution in [0.4, 0.5) is 0 Å². The zero-order valence-corrected chi connectivity index (χ0v) is 11.3. The number of nitrogens with one attached hydrogen (secondary N) is 1. The molecule has 2 saturated carbocycles. The van der Waals surface area contributed by atoms with Crippen LogP contribution in [0, 0.1) is 10.8 Å². The smallest absolute Gasteiger partial charge is 0.0468 e. The molecule has 0 aliphatic heterocycles. The fraction of sp³-hybridized carbons (Fsp3) is 1.00. The maximum Gasteiger partial charge on any atom is 0.0468 e. The quantitative estimate of drug-likeness (QED) is 0.605. The van der Waals surface area contributed by atoms with Crippen LogP contribution in [0.15, 0.2) is 0 Å². The van der Waals surface area contributed by atoms with Gasteiger partial charge >= 0.3 is 0 Å². The van der Waals surface area contributed by atoms with E-state index in [1.54, 1.807) is 7.11 Å². The summed E-state index contributed by atoms with van der Waals surface area (Å²) in [7, 11) is 1.80. The Bertz CT molecular complexity index is 229. The highest BCUT2D eigenvalue weighted by Crippen LogP contribution is 2.48.